The monoisotopic (exact) mass is 418 g/mol. The van der Waals surface area contributed by atoms with Crippen molar-refractivity contribution in [2.24, 2.45) is 5.14 Å². The van der Waals surface area contributed by atoms with Gasteiger partial charge in [-0.3, -0.25) is 4.79 Å². The number of nitrogens with two attached hydrogens (primary N) is 1. The lowest BCUT2D eigenvalue weighted by Crippen LogP contribution is -2.35. The minimum atomic E-state index is -3.71. The molecule has 28 heavy (non-hydrogen) atoms. The van der Waals surface area contributed by atoms with Gasteiger partial charge in [0.25, 0.3) is 0 Å². The van der Waals surface area contributed by atoms with E-state index in [0.29, 0.717) is 5.69 Å². The van der Waals surface area contributed by atoms with Crippen LogP contribution in [0.2, 0.25) is 0 Å². The summed E-state index contributed by atoms with van der Waals surface area (Å²) in [4.78, 5) is 32.2. The Kier molecular flexibility index (Phi) is 11.6. The maximum absolute atomic E-state index is 11.7. The Morgan fingerprint density at radius 1 is 1.04 bits per heavy atom. The van der Waals surface area contributed by atoms with Crippen LogP contribution in [0.5, 0.6) is 0 Å². The van der Waals surface area contributed by atoms with E-state index < -0.39 is 22.0 Å². The highest BCUT2D eigenvalue weighted by molar-refractivity contribution is 7.89. The first kappa shape index (κ1) is 25.5. The molecule has 0 aliphatic rings. The van der Waals surface area contributed by atoms with Gasteiger partial charge in [0, 0.05) is 18.8 Å². The zero-order valence-corrected chi connectivity index (χ0v) is 16.5. The van der Waals surface area contributed by atoms with E-state index in [-0.39, 0.29) is 17.3 Å². The van der Waals surface area contributed by atoms with Gasteiger partial charge in [-0.2, -0.15) is 0 Å². The lowest BCUT2D eigenvalue weighted by molar-refractivity contribution is -0.159. The van der Waals surface area contributed by atoms with Gasteiger partial charge in [0.1, 0.15) is 0 Å². The Labute approximate surface area is 163 Å². The summed E-state index contributed by atoms with van der Waals surface area (Å²) in [6.45, 7) is 8.01. The third kappa shape index (κ3) is 11.2. The van der Waals surface area contributed by atoms with Gasteiger partial charge in [-0.25, -0.2) is 23.1 Å². The molecule has 1 rings (SSSR count). The summed E-state index contributed by atoms with van der Waals surface area (Å²) in [7, 11) is -3.71. The largest absolute Gasteiger partial charge is 0.473 e. The number of carbonyl (C=O) groups excluding carboxylic acids is 1. The van der Waals surface area contributed by atoms with Crippen molar-refractivity contribution in [3.63, 3.8) is 0 Å². The number of likely N-dealkylation sites (N-methyl/N-ethyl adjacent to an activating group) is 1. The van der Waals surface area contributed by atoms with Crippen LogP contribution in [0.4, 0.5) is 5.69 Å². The van der Waals surface area contributed by atoms with Gasteiger partial charge in [0.15, 0.2) is 0 Å². The van der Waals surface area contributed by atoms with Crippen LogP contribution < -0.4 is 15.8 Å². The summed E-state index contributed by atoms with van der Waals surface area (Å²) in [5.41, 5.74) is 0.531. The van der Waals surface area contributed by atoms with Crippen molar-refractivity contribution in [3.8, 4) is 0 Å². The average Bonchev–Trinajstić information content (AvgIpc) is 2.62. The molecule has 0 aromatic heterocycles. The van der Waals surface area contributed by atoms with E-state index in [1.807, 2.05) is 0 Å². The molecule has 0 atom stereocenters. The highest BCUT2D eigenvalue weighted by atomic mass is 32.2. The molecule has 0 spiro atoms. The molecular weight excluding hydrogens is 392 g/mol. The van der Waals surface area contributed by atoms with Crippen molar-refractivity contribution in [2.45, 2.75) is 18.7 Å². The second-order valence-electron chi connectivity index (χ2n) is 5.43. The SMILES string of the molecule is CCN(CC)CCNCC(=O)Nc1ccc(S(N)(=O)=O)cc1.O=C(O)C(=O)O. The fourth-order valence-electron chi connectivity index (χ4n) is 1.91. The number of carbonyl (C=O) groups is 3. The second kappa shape index (κ2) is 12.8. The summed E-state index contributed by atoms with van der Waals surface area (Å²) in [5, 5.41) is 25.5. The van der Waals surface area contributed by atoms with Crippen LogP contribution in [0.1, 0.15) is 13.8 Å². The number of amides is 1. The van der Waals surface area contributed by atoms with Crippen molar-refractivity contribution in [1.82, 2.24) is 10.2 Å². The molecule has 0 saturated carbocycles. The molecule has 0 aliphatic carbocycles. The van der Waals surface area contributed by atoms with E-state index in [1.165, 1.54) is 24.3 Å². The Hall–Kier alpha value is -2.54. The Balaban J connectivity index is 0.00000105. The fourth-order valence-corrected chi connectivity index (χ4v) is 2.43. The number of primary sulfonamides is 1. The van der Waals surface area contributed by atoms with Crippen LogP contribution in [0.3, 0.4) is 0 Å². The molecule has 6 N–H and O–H groups in total. The summed E-state index contributed by atoms with van der Waals surface area (Å²) in [6.07, 6.45) is 0. The van der Waals surface area contributed by atoms with Gasteiger partial charge in [-0.05, 0) is 37.4 Å². The maximum Gasteiger partial charge on any atom is 0.414 e. The summed E-state index contributed by atoms with van der Waals surface area (Å²) in [5.74, 6) is -3.83. The Morgan fingerprint density at radius 2 is 1.54 bits per heavy atom. The first-order chi connectivity index (χ1) is 13.0. The molecule has 12 heteroatoms. The maximum atomic E-state index is 11.7. The number of nitrogens with one attached hydrogen (secondary N) is 2. The molecule has 0 fully saturated rings. The van der Waals surface area contributed by atoms with E-state index >= 15 is 0 Å². The number of benzene rings is 1. The summed E-state index contributed by atoms with van der Waals surface area (Å²) in [6, 6.07) is 5.73. The number of aliphatic carboxylic acids is 2. The summed E-state index contributed by atoms with van der Waals surface area (Å²) >= 11 is 0. The van der Waals surface area contributed by atoms with Crippen molar-refractivity contribution < 1.29 is 33.0 Å². The predicted molar refractivity (Wildman–Crippen MR) is 102 cm³/mol. The average molecular weight is 418 g/mol. The molecule has 0 radical (unpaired) electrons. The van der Waals surface area contributed by atoms with Gasteiger partial charge in [0.05, 0.1) is 11.4 Å². The number of anilines is 1. The molecule has 1 aromatic carbocycles. The minimum Gasteiger partial charge on any atom is -0.473 e. The molecule has 0 aliphatic heterocycles. The number of hydrogen-bond donors (Lipinski definition) is 5. The van der Waals surface area contributed by atoms with Crippen molar-refractivity contribution in [2.75, 3.05) is 38.0 Å². The Bertz CT molecular complexity index is 735. The van der Waals surface area contributed by atoms with Crippen LogP contribution in [-0.4, -0.2) is 74.1 Å². The van der Waals surface area contributed by atoms with Crippen LogP contribution in [0, 0.1) is 0 Å². The molecule has 0 saturated heterocycles. The Morgan fingerprint density at radius 3 is 1.93 bits per heavy atom. The molecule has 0 bridgehead atoms. The normalized spacial score (nSPS) is 10.7. The molecule has 1 aromatic rings. The third-order valence-corrected chi connectivity index (χ3v) is 4.36. The number of sulfonamides is 1. The molecule has 158 valence electrons. The van der Waals surface area contributed by atoms with Crippen LogP contribution >= 0.6 is 0 Å². The van der Waals surface area contributed by atoms with E-state index in [2.05, 4.69) is 29.4 Å². The van der Waals surface area contributed by atoms with E-state index in [4.69, 9.17) is 24.9 Å². The van der Waals surface area contributed by atoms with Gasteiger partial charge < -0.3 is 25.7 Å². The van der Waals surface area contributed by atoms with Crippen molar-refractivity contribution in [1.29, 1.82) is 0 Å². The standard InChI is InChI=1S/C14H24N4O3S.C2H2O4/c1-3-18(4-2)10-9-16-11-14(19)17-12-5-7-13(8-6-12)22(15,20)21;3-1(4)2(5)6/h5-8,16H,3-4,9-11H2,1-2H3,(H,17,19)(H2,15,20,21);(H,3,4)(H,5,6). The van der Waals surface area contributed by atoms with Crippen molar-refractivity contribution in [3.05, 3.63) is 24.3 Å². The number of carboxylic acids is 2. The highest BCUT2D eigenvalue weighted by Crippen LogP contribution is 2.12. The lowest BCUT2D eigenvalue weighted by atomic mass is 10.3. The molecule has 0 unspecified atom stereocenters. The van der Waals surface area contributed by atoms with Gasteiger partial charge in [-0.1, -0.05) is 13.8 Å². The first-order valence-corrected chi connectivity index (χ1v) is 9.87. The summed E-state index contributed by atoms with van der Waals surface area (Å²) < 4.78 is 22.2. The smallest absolute Gasteiger partial charge is 0.414 e. The van der Waals surface area contributed by atoms with Crippen LogP contribution in [0.15, 0.2) is 29.2 Å². The van der Waals surface area contributed by atoms with Gasteiger partial charge >= 0.3 is 11.9 Å². The highest BCUT2D eigenvalue weighted by Gasteiger charge is 2.08. The molecule has 0 heterocycles. The topological polar surface area (TPSA) is 179 Å². The first-order valence-electron chi connectivity index (χ1n) is 8.33. The number of carboxylic acid groups (broad SMARTS) is 2. The third-order valence-electron chi connectivity index (χ3n) is 3.43. The van der Waals surface area contributed by atoms with E-state index in [9.17, 15) is 13.2 Å². The van der Waals surface area contributed by atoms with Gasteiger partial charge in [0.2, 0.25) is 15.9 Å². The quantitative estimate of drug-likeness (QED) is 0.257. The van der Waals surface area contributed by atoms with E-state index in [0.717, 1.165) is 26.2 Å². The zero-order chi connectivity index (χ0) is 21.7. The number of rotatable bonds is 9. The lowest BCUT2D eigenvalue weighted by Gasteiger charge is -2.17. The second-order valence-corrected chi connectivity index (χ2v) is 6.99. The molecule has 11 nitrogen and oxygen atoms in total. The number of nitrogens with zero attached hydrogens (tertiary/aromatic N) is 1. The van der Waals surface area contributed by atoms with E-state index in [1.54, 1.807) is 0 Å². The van der Waals surface area contributed by atoms with Crippen LogP contribution in [0.25, 0.3) is 0 Å². The van der Waals surface area contributed by atoms with Crippen LogP contribution in [-0.2, 0) is 24.4 Å². The minimum absolute atomic E-state index is 0.0165. The van der Waals surface area contributed by atoms with Gasteiger partial charge in [-0.15, -0.1) is 0 Å². The predicted octanol–water partition coefficient (Wildman–Crippen LogP) is -0.640. The number of hydrogen-bond acceptors (Lipinski definition) is 7. The zero-order valence-electron chi connectivity index (χ0n) is 15.7. The molecular formula is C16H26N4O7S. The fraction of sp³-hybridized carbons (Fsp3) is 0.438. The van der Waals surface area contributed by atoms with Crippen molar-refractivity contribution >= 4 is 33.6 Å². The molecule has 1 amide bonds.